The molecule has 0 radical (unpaired) electrons. The number of nitrogens with zero attached hydrogens (tertiary/aromatic N) is 1. The Morgan fingerprint density at radius 3 is 2.62 bits per heavy atom. The largest absolute Gasteiger partial charge is 0.468 e. The predicted molar refractivity (Wildman–Crippen MR) is 62.1 cm³/mol. The average molecular weight is 229 g/mol. The molecule has 4 heteroatoms. The van der Waals surface area contributed by atoms with E-state index in [0.717, 1.165) is 19.4 Å². The zero-order valence-corrected chi connectivity index (χ0v) is 10.7. The van der Waals surface area contributed by atoms with Gasteiger partial charge in [0.1, 0.15) is 6.04 Å². The van der Waals surface area contributed by atoms with Crippen molar-refractivity contribution >= 4 is 5.97 Å². The number of methoxy groups -OCH3 is 1. The fourth-order valence-electron chi connectivity index (χ4n) is 2.41. The highest BCUT2D eigenvalue weighted by molar-refractivity contribution is 5.76. The van der Waals surface area contributed by atoms with Gasteiger partial charge in [0.15, 0.2) is 0 Å². The molecule has 4 nitrogen and oxygen atoms in total. The summed E-state index contributed by atoms with van der Waals surface area (Å²) in [5, 5.41) is 10.2. The van der Waals surface area contributed by atoms with E-state index in [4.69, 9.17) is 4.74 Å². The van der Waals surface area contributed by atoms with Crippen LogP contribution in [0.2, 0.25) is 0 Å². The predicted octanol–water partition coefficient (Wildman–Crippen LogP) is 1.03. The van der Waals surface area contributed by atoms with Gasteiger partial charge < -0.3 is 9.84 Å². The van der Waals surface area contributed by atoms with Gasteiger partial charge in [-0.3, -0.25) is 9.69 Å². The molecule has 0 bridgehead atoms. The Balaban J connectivity index is 2.45. The Morgan fingerprint density at radius 1 is 1.62 bits per heavy atom. The van der Waals surface area contributed by atoms with Crippen molar-refractivity contribution < 1.29 is 14.6 Å². The molecule has 1 fully saturated rings. The second kappa shape index (κ2) is 5.15. The van der Waals surface area contributed by atoms with Gasteiger partial charge in [0, 0.05) is 13.1 Å². The number of ether oxygens (including phenoxy) is 1. The first-order valence-electron chi connectivity index (χ1n) is 5.90. The van der Waals surface area contributed by atoms with Crippen LogP contribution >= 0.6 is 0 Å². The smallest absolute Gasteiger partial charge is 0.323 e. The Bertz CT molecular complexity index is 251. The number of carbonyl (C=O) groups excluding carboxylic acids is 1. The molecule has 1 saturated heterocycles. The van der Waals surface area contributed by atoms with E-state index in [1.165, 1.54) is 7.11 Å². The van der Waals surface area contributed by atoms with Gasteiger partial charge in [-0.25, -0.2) is 0 Å². The third-order valence-electron chi connectivity index (χ3n) is 3.00. The highest BCUT2D eigenvalue weighted by Crippen LogP contribution is 2.24. The molecule has 0 aromatic rings. The molecule has 0 amide bonds. The molecule has 1 rings (SSSR count). The number of β-amino-alcohol motifs (C(OH)–C–C–N with tert-alkyl or cyclic N) is 1. The molecule has 1 aliphatic heterocycles. The van der Waals surface area contributed by atoms with Crippen LogP contribution in [0.3, 0.4) is 0 Å². The van der Waals surface area contributed by atoms with Crippen LogP contribution in [0.5, 0.6) is 0 Å². The highest BCUT2D eigenvalue weighted by atomic mass is 16.5. The summed E-state index contributed by atoms with van der Waals surface area (Å²) in [6, 6.07) is -0.149. The standard InChI is InChI=1S/C12H23NO3/c1-9(2)7-12(3,15)8-13-6-5-10(13)11(14)16-4/h9-10,15H,5-8H2,1-4H3. The van der Waals surface area contributed by atoms with Crippen molar-refractivity contribution in [1.82, 2.24) is 4.90 Å². The summed E-state index contributed by atoms with van der Waals surface area (Å²) in [6.07, 6.45) is 1.59. The third-order valence-corrected chi connectivity index (χ3v) is 3.00. The summed E-state index contributed by atoms with van der Waals surface area (Å²) < 4.78 is 4.72. The van der Waals surface area contributed by atoms with E-state index < -0.39 is 5.60 Å². The molecule has 0 aliphatic carbocycles. The Labute approximate surface area is 97.6 Å². The fourth-order valence-corrected chi connectivity index (χ4v) is 2.41. The lowest BCUT2D eigenvalue weighted by Gasteiger charge is -2.43. The minimum absolute atomic E-state index is 0.149. The van der Waals surface area contributed by atoms with Gasteiger partial charge in [-0.2, -0.15) is 0 Å². The van der Waals surface area contributed by atoms with Crippen LogP contribution in [-0.4, -0.2) is 47.8 Å². The first-order chi connectivity index (χ1) is 7.35. The van der Waals surface area contributed by atoms with Gasteiger partial charge >= 0.3 is 5.97 Å². The quantitative estimate of drug-likeness (QED) is 0.715. The van der Waals surface area contributed by atoms with E-state index in [1.807, 2.05) is 11.8 Å². The van der Waals surface area contributed by atoms with Crippen molar-refractivity contribution in [3.8, 4) is 0 Å². The minimum atomic E-state index is -0.721. The van der Waals surface area contributed by atoms with E-state index in [9.17, 15) is 9.90 Å². The van der Waals surface area contributed by atoms with E-state index in [1.54, 1.807) is 0 Å². The second-order valence-corrected chi connectivity index (χ2v) is 5.39. The Morgan fingerprint density at radius 2 is 2.25 bits per heavy atom. The number of carbonyl (C=O) groups is 1. The van der Waals surface area contributed by atoms with Crippen molar-refractivity contribution in [3.05, 3.63) is 0 Å². The molecular weight excluding hydrogens is 206 g/mol. The molecule has 0 spiro atoms. The highest BCUT2D eigenvalue weighted by Gasteiger charge is 2.38. The van der Waals surface area contributed by atoms with E-state index >= 15 is 0 Å². The summed E-state index contributed by atoms with van der Waals surface area (Å²) in [5.41, 5.74) is -0.721. The van der Waals surface area contributed by atoms with Crippen molar-refractivity contribution in [2.24, 2.45) is 5.92 Å². The molecule has 2 atom stereocenters. The van der Waals surface area contributed by atoms with Gasteiger partial charge in [0.05, 0.1) is 12.7 Å². The SMILES string of the molecule is COC(=O)C1CCN1CC(C)(O)CC(C)C. The lowest BCUT2D eigenvalue weighted by atomic mass is 9.91. The van der Waals surface area contributed by atoms with Crippen LogP contribution in [0, 0.1) is 5.92 Å². The Hall–Kier alpha value is -0.610. The van der Waals surface area contributed by atoms with Crippen LogP contribution in [-0.2, 0) is 9.53 Å². The summed E-state index contributed by atoms with van der Waals surface area (Å²) >= 11 is 0. The number of aliphatic hydroxyl groups is 1. The molecule has 1 N–H and O–H groups in total. The topological polar surface area (TPSA) is 49.8 Å². The summed E-state index contributed by atoms with van der Waals surface area (Å²) in [6.45, 7) is 7.42. The lowest BCUT2D eigenvalue weighted by Crippen LogP contribution is -2.57. The van der Waals surface area contributed by atoms with Crippen LogP contribution in [0.1, 0.15) is 33.6 Å². The van der Waals surface area contributed by atoms with Crippen molar-refractivity contribution in [2.45, 2.75) is 45.3 Å². The maximum Gasteiger partial charge on any atom is 0.323 e. The fraction of sp³-hybridized carbons (Fsp3) is 0.917. The molecule has 0 saturated carbocycles. The number of esters is 1. The maximum atomic E-state index is 11.4. The summed E-state index contributed by atoms with van der Waals surface area (Å²) in [5.74, 6) is 0.263. The normalized spacial score (nSPS) is 25.0. The average Bonchev–Trinajstić information content (AvgIpc) is 2.10. The van der Waals surface area contributed by atoms with Crippen molar-refractivity contribution in [3.63, 3.8) is 0 Å². The number of likely N-dealkylation sites (tertiary alicyclic amines) is 1. The minimum Gasteiger partial charge on any atom is -0.468 e. The van der Waals surface area contributed by atoms with Gasteiger partial charge in [0.2, 0.25) is 0 Å². The van der Waals surface area contributed by atoms with Gasteiger partial charge in [-0.1, -0.05) is 13.8 Å². The first-order valence-corrected chi connectivity index (χ1v) is 5.90. The van der Waals surface area contributed by atoms with E-state index in [0.29, 0.717) is 12.5 Å². The van der Waals surface area contributed by atoms with E-state index in [2.05, 4.69) is 13.8 Å². The maximum absolute atomic E-state index is 11.4. The second-order valence-electron chi connectivity index (χ2n) is 5.39. The molecule has 1 heterocycles. The third kappa shape index (κ3) is 3.46. The van der Waals surface area contributed by atoms with Gasteiger partial charge in [-0.05, 0) is 25.7 Å². The Kier molecular flexibility index (Phi) is 4.33. The van der Waals surface area contributed by atoms with Gasteiger partial charge in [0.25, 0.3) is 0 Å². The number of hydrogen-bond donors (Lipinski definition) is 1. The summed E-state index contributed by atoms with van der Waals surface area (Å²) in [7, 11) is 1.41. The molecular formula is C12H23NO3. The zero-order valence-electron chi connectivity index (χ0n) is 10.7. The lowest BCUT2D eigenvalue weighted by molar-refractivity contribution is -0.154. The van der Waals surface area contributed by atoms with Crippen molar-refractivity contribution in [2.75, 3.05) is 20.2 Å². The molecule has 16 heavy (non-hydrogen) atoms. The van der Waals surface area contributed by atoms with Crippen LogP contribution in [0.4, 0.5) is 0 Å². The number of hydrogen-bond acceptors (Lipinski definition) is 4. The van der Waals surface area contributed by atoms with Crippen LogP contribution < -0.4 is 0 Å². The van der Waals surface area contributed by atoms with E-state index in [-0.39, 0.29) is 12.0 Å². The number of rotatable bonds is 5. The molecule has 0 aromatic heterocycles. The van der Waals surface area contributed by atoms with Crippen molar-refractivity contribution in [1.29, 1.82) is 0 Å². The molecule has 94 valence electrons. The van der Waals surface area contributed by atoms with Crippen LogP contribution in [0.15, 0.2) is 0 Å². The monoisotopic (exact) mass is 229 g/mol. The van der Waals surface area contributed by atoms with Gasteiger partial charge in [-0.15, -0.1) is 0 Å². The van der Waals surface area contributed by atoms with Crippen LogP contribution in [0.25, 0.3) is 0 Å². The summed E-state index contributed by atoms with van der Waals surface area (Å²) in [4.78, 5) is 13.4. The molecule has 2 unspecified atom stereocenters. The molecule has 0 aromatic carbocycles. The zero-order chi connectivity index (χ0) is 12.3. The molecule has 1 aliphatic rings. The first kappa shape index (κ1) is 13.5.